The highest BCUT2D eigenvalue weighted by atomic mass is 32.1. The molecule has 3 aromatic rings. The molecule has 0 aliphatic heterocycles. The Bertz CT molecular complexity index is 723. The van der Waals surface area contributed by atoms with Crippen LogP contribution in [-0.4, -0.2) is 26.5 Å². The van der Waals surface area contributed by atoms with Gasteiger partial charge in [0.05, 0.1) is 10.9 Å². The van der Waals surface area contributed by atoms with E-state index < -0.39 is 0 Å². The van der Waals surface area contributed by atoms with E-state index in [1.165, 1.54) is 11.3 Å². The zero-order chi connectivity index (χ0) is 14.7. The highest BCUT2D eigenvalue weighted by molar-refractivity contribution is 7.12. The number of hydrogen-bond donors (Lipinski definition) is 2. The molecule has 21 heavy (non-hydrogen) atoms. The van der Waals surface area contributed by atoms with Crippen LogP contribution in [-0.2, 0) is 0 Å². The summed E-state index contributed by atoms with van der Waals surface area (Å²) in [5.41, 5.74) is 1.95. The van der Waals surface area contributed by atoms with Crippen molar-refractivity contribution in [3.63, 3.8) is 0 Å². The summed E-state index contributed by atoms with van der Waals surface area (Å²) in [7, 11) is 0. The first-order valence-corrected chi connectivity index (χ1v) is 7.31. The third-order valence-corrected chi connectivity index (χ3v) is 3.97. The molecule has 1 amide bonds. The maximum Gasteiger partial charge on any atom is 0.262 e. The number of tetrazole rings is 1. The number of benzene rings is 1. The van der Waals surface area contributed by atoms with Crippen LogP contribution in [0.5, 0.6) is 0 Å². The van der Waals surface area contributed by atoms with Crippen molar-refractivity contribution in [2.45, 2.75) is 13.0 Å². The number of aromatic nitrogens is 4. The molecule has 0 saturated carbocycles. The highest BCUT2D eigenvalue weighted by Crippen LogP contribution is 2.28. The first-order valence-electron chi connectivity index (χ1n) is 6.43. The summed E-state index contributed by atoms with van der Waals surface area (Å²) in [6.45, 7) is 1.82. The SMILES string of the molecule is CC(NC(=O)c1sccc1-c1ccccc1)c1nn[nH]n1. The first-order chi connectivity index (χ1) is 10.3. The number of carbonyl (C=O) groups excluding carboxylic acids is 1. The lowest BCUT2D eigenvalue weighted by Gasteiger charge is -2.10. The van der Waals surface area contributed by atoms with Crippen molar-refractivity contribution < 1.29 is 4.79 Å². The van der Waals surface area contributed by atoms with E-state index in [2.05, 4.69) is 25.9 Å². The lowest BCUT2D eigenvalue weighted by molar-refractivity contribution is 0.0943. The van der Waals surface area contributed by atoms with Gasteiger partial charge in [-0.1, -0.05) is 35.5 Å². The first kappa shape index (κ1) is 13.4. The zero-order valence-electron chi connectivity index (χ0n) is 11.3. The Kier molecular flexibility index (Phi) is 3.74. The lowest BCUT2D eigenvalue weighted by Crippen LogP contribution is -2.27. The lowest BCUT2D eigenvalue weighted by atomic mass is 10.1. The van der Waals surface area contributed by atoms with Crippen molar-refractivity contribution >= 4 is 17.2 Å². The normalized spacial score (nSPS) is 12.0. The minimum atomic E-state index is -0.304. The van der Waals surface area contributed by atoms with Crippen molar-refractivity contribution in [2.75, 3.05) is 0 Å². The van der Waals surface area contributed by atoms with Gasteiger partial charge in [0.1, 0.15) is 0 Å². The molecule has 6 nitrogen and oxygen atoms in total. The third-order valence-electron chi connectivity index (χ3n) is 3.05. The van der Waals surface area contributed by atoms with Gasteiger partial charge in [-0.05, 0) is 23.9 Å². The van der Waals surface area contributed by atoms with E-state index >= 15 is 0 Å². The van der Waals surface area contributed by atoms with Gasteiger partial charge in [0.25, 0.3) is 5.91 Å². The van der Waals surface area contributed by atoms with Crippen molar-refractivity contribution in [3.05, 3.63) is 52.5 Å². The maximum absolute atomic E-state index is 12.4. The van der Waals surface area contributed by atoms with Gasteiger partial charge in [-0.25, -0.2) is 0 Å². The summed E-state index contributed by atoms with van der Waals surface area (Å²) in [5.74, 6) is 0.322. The molecular formula is C14H13N5OS. The van der Waals surface area contributed by atoms with Crippen molar-refractivity contribution in [2.24, 2.45) is 0 Å². The van der Waals surface area contributed by atoms with Crippen molar-refractivity contribution in [3.8, 4) is 11.1 Å². The van der Waals surface area contributed by atoms with Gasteiger partial charge >= 0.3 is 0 Å². The molecule has 0 saturated heterocycles. The largest absolute Gasteiger partial charge is 0.341 e. The van der Waals surface area contributed by atoms with E-state index in [4.69, 9.17) is 0 Å². The van der Waals surface area contributed by atoms with Crippen LogP contribution in [0.4, 0.5) is 0 Å². The minimum Gasteiger partial charge on any atom is -0.341 e. The Balaban J connectivity index is 1.82. The van der Waals surface area contributed by atoms with Gasteiger partial charge in [0.15, 0.2) is 5.82 Å². The highest BCUT2D eigenvalue weighted by Gasteiger charge is 2.18. The molecule has 7 heteroatoms. The predicted octanol–water partition coefficient (Wildman–Crippen LogP) is 2.42. The van der Waals surface area contributed by atoms with E-state index in [-0.39, 0.29) is 11.9 Å². The van der Waals surface area contributed by atoms with Crippen LogP contribution in [0.1, 0.15) is 28.5 Å². The Morgan fingerprint density at radius 1 is 1.29 bits per heavy atom. The van der Waals surface area contributed by atoms with Crippen LogP contribution >= 0.6 is 11.3 Å². The van der Waals surface area contributed by atoms with Crippen LogP contribution in [0.3, 0.4) is 0 Å². The molecule has 0 spiro atoms. The monoisotopic (exact) mass is 299 g/mol. The molecule has 2 heterocycles. The number of nitrogens with one attached hydrogen (secondary N) is 2. The average molecular weight is 299 g/mol. The summed E-state index contributed by atoms with van der Waals surface area (Å²) in [5, 5.41) is 18.4. The molecule has 2 aromatic heterocycles. The van der Waals surface area contributed by atoms with E-state index in [0.29, 0.717) is 10.7 Å². The fraction of sp³-hybridized carbons (Fsp3) is 0.143. The van der Waals surface area contributed by atoms with Crippen LogP contribution in [0.25, 0.3) is 11.1 Å². The molecule has 2 N–H and O–H groups in total. The third kappa shape index (κ3) is 2.82. The quantitative estimate of drug-likeness (QED) is 0.775. The van der Waals surface area contributed by atoms with E-state index in [9.17, 15) is 4.79 Å². The number of H-pyrrole nitrogens is 1. The molecule has 1 unspecified atom stereocenters. The predicted molar refractivity (Wildman–Crippen MR) is 79.8 cm³/mol. The Morgan fingerprint density at radius 3 is 2.81 bits per heavy atom. The van der Waals surface area contributed by atoms with Crippen LogP contribution in [0.2, 0.25) is 0 Å². The molecule has 0 fully saturated rings. The fourth-order valence-electron chi connectivity index (χ4n) is 2.01. The minimum absolute atomic E-state index is 0.138. The van der Waals surface area contributed by atoms with Crippen LogP contribution in [0, 0.1) is 0 Å². The number of carbonyl (C=O) groups is 1. The fourth-order valence-corrected chi connectivity index (χ4v) is 2.83. The standard InChI is InChI=1S/C14H13N5OS/c1-9(13-16-18-19-17-13)15-14(20)12-11(7-8-21-12)10-5-3-2-4-6-10/h2-9H,1H3,(H,15,20)(H,16,17,18,19). The number of hydrogen-bond acceptors (Lipinski definition) is 5. The number of thiophene rings is 1. The van der Waals surface area contributed by atoms with Crippen LogP contribution < -0.4 is 5.32 Å². The van der Waals surface area contributed by atoms with E-state index in [0.717, 1.165) is 11.1 Å². The number of amides is 1. The summed E-state index contributed by atoms with van der Waals surface area (Å²) in [6, 6.07) is 11.5. The molecule has 1 atom stereocenters. The molecule has 0 radical (unpaired) electrons. The molecule has 0 aliphatic rings. The summed E-state index contributed by atoms with van der Waals surface area (Å²) in [4.78, 5) is 13.1. The molecular weight excluding hydrogens is 286 g/mol. The molecule has 106 valence electrons. The summed E-state index contributed by atoms with van der Waals surface area (Å²) >= 11 is 1.42. The van der Waals surface area contributed by atoms with Crippen LogP contribution in [0.15, 0.2) is 41.8 Å². The van der Waals surface area contributed by atoms with E-state index in [1.54, 1.807) is 0 Å². The van der Waals surface area contributed by atoms with Gasteiger partial charge in [-0.15, -0.1) is 21.5 Å². The van der Waals surface area contributed by atoms with Crippen molar-refractivity contribution in [1.82, 2.24) is 25.9 Å². The molecule has 3 rings (SSSR count). The van der Waals surface area contributed by atoms with Gasteiger partial charge in [-0.2, -0.15) is 5.21 Å². The average Bonchev–Trinajstić information content (AvgIpc) is 3.19. The summed E-state index contributed by atoms with van der Waals surface area (Å²) < 4.78 is 0. The van der Waals surface area contributed by atoms with Gasteiger partial charge in [0.2, 0.25) is 0 Å². The van der Waals surface area contributed by atoms with E-state index in [1.807, 2.05) is 48.7 Å². The molecule has 0 aliphatic carbocycles. The Hall–Kier alpha value is -2.54. The van der Waals surface area contributed by atoms with Gasteiger partial charge in [0, 0.05) is 5.56 Å². The maximum atomic E-state index is 12.4. The molecule has 1 aromatic carbocycles. The van der Waals surface area contributed by atoms with Gasteiger partial charge in [-0.3, -0.25) is 4.79 Å². The number of nitrogens with zero attached hydrogens (tertiary/aromatic N) is 3. The topological polar surface area (TPSA) is 83.6 Å². The van der Waals surface area contributed by atoms with Crippen molar-refractivity contribution in [1.29, 1.82) is 0 Å². The number of rotatable bonds is 4. The Labute approximate surface area is 125 Å². The molecule has 0 bridgehead atoms. The summed E-state index contributed by atoms with van der Waals surface area (Å²) in [6.07, 6.45) is 0. The smallest absolute Gasteiger partial charge is 0.262 e. The number of aromatic amines is 1. The second-order valence-electron chi connectivity index (χ2n) is 4.49. The zero-order valence-corrected chi connectivity index (χ0v) is 12.1. The second kappa shape index (κ2) is 5.84. The second-order valence-corrected chi connectivity index (χ2v) is 5.41. The van der Waals surface area contributed by atoms with Gasteiger partial charge < -0.3 is 5.32 Å². The Morgan fingerprint density at radius 2 is 2.10 bits per heavy atom.